The summed E-state index contributed by atoms with van der Waals surface area (Å²) in [5, 5.41) is 0.722. The molecule has 0 spiro atoms. The molecule has 1 aromatic carbocycles. The van der Waals surface area contributed by atoms with Gasteiger partial charge in [-0.3, -0.25) is 0 Å². The molecule has 0 bridgehead atoms. The van der Waals surface area contributed by atoms with Crippen molar-refractivity contribution in [3.63, 3.8) is 0 Å². The van der Waals surface area contributed by atoms with Gasteiger partial charge in [0.05, 0.1) is 5.38 Å². The van der Waals surface area contributed by atoms with Crippen molar-refractivity contribution >= 4 is 29.3 Å². The second kappa shape index (κ2) is 4.69. The van der Waals surface area contributed by atoms with Crippen LogP contribution in [-0.4, -0.2) is 0 Å². The van der Waals surface area contributed by atoms with Gasteiger partial charge in [0, 0.05) is 5.02 Å². The monoisotopic (exact) mass is 214 g/mol. The molecule has 0 aliphatic heterocycles. The maximum atomic E-state index is 6.11. The molecule has 0 saturated heterocycles. The van der Waals surface area contributed by atoms with E-state index in [0.29, 0.717) is 0 Å². The van der Waals surface area contributed by atoms with Crippen LogP contribution in [0.15, 0.2) is 24.8 Å². The Morgan fingerprint density at radius 3 is 2.77 bits per heavy atom. The predicted molar refractivity (Wildman–Crippen MR) is 60.4 cm³/mol. The van der Waals surface area contributed by atoms with Crippen molar-refractivity contribution in [2.24, 2.45) is 0 Å². The standard InChI is InChI=1S/C11H12Cl2/c1-3-8-5-6-11(13)9(7-8)10(12)4-2/h3,5-7,10H,1,4H2,2H3. The van der Waals surface area contributed by atoms with Crippen molar-refractivity contribution < 1.29 is 0 Å². The first-order valence-electron chi connectivity index (χ1n) is 4.25. The second-order valence-electron chi connectivity index (χ2n) is 2.86. The molecule has 1 rings (SSSR count). The van der Waals surface area contributed by atoms with E-state index in [-0.39, 0.29) is 5.38 Å². The van der Waals surface area contributed by atoms with Gasteiger partial charge in [-0.2, -0.15) is 0 Å². The molecule has 1 aromatic rings. The highest BCUT2D eigenvalue weighted by Crippen LogP contribution is 2.31. The summed E-state index contributed by atoms with van der Waals surface area (Å²) in [6.45, 7) is 5.74. The van der Waals surface area contributed by atoms with Gasteiger partial charge in [0.2, 0.25) is 0 Å². The molecule has 0 aromatic heterocycles. The van der Waals surface area contributed by atoms with Crippen molar-refractivity contribution in [1.29, 1.82) is 0 Å². The molecule has 0 aliphatic carbocycles. The number of halogens is 2. The van der Waals surface area contributed by atoms with Gasteiger partial charge in [-0.25, -0.2) is 0 Å². The fourth-order valence-electron chi connectivity index (χ4n) is 1.15. The first-order chi connectivity index (χ1) is 6.19. The van der Waals surface area contributed by atoms with E-state index in [9.17, 15) is 0 Å². The van der Waals surface area contributed by atoms with Crippen LogP contribution in [0.25, 0.3) is 6.08 Å². The van der Waals surface area contributed by atoms with E-state index < -0.39 is 0 Å². The highest BCUT2D eigenvalue weighted by molar-refractivity contribution is 6.32. The topological polar surface area (TPSA) is 0 Å². The molecule has 0 radical (unpaired) electrons. The predicted octanol–water partition coefficient (Wildman–Crippen LogP) is 4.67. The first-order valence-corrected chi connectivity index (χ1v) is 5.06. The van der Waals surface area contributed by atoms with E-state index in [2.05, 4.69) is 6.58 Å². The third-order valence-corrected chi connectivity index (χ3v) is 2.84. The van der Waals surface area contributed by atoms with Crippen LogP contribution in [0.1, 0.15) is 29.8 Å². The van der Waals surface area contributed by atoms with Crippen molar-refractivity contribution in [2.45, 2.75) is 18.7 Å². The van der Waals surface area contributed by atoms with E-state index in [4.69, 9.17) is 23.2 Å². The van der Waals surface area contributed by atoms with Gasteiger partial charge in [0.1, 0.15) is 0 Å². The van der Waals surface area contributed by atoms with E-state index >= 15 is 0 Å². The molecule has 0 nitrogen and oxygen atoms in total. The zero-order chi connectivity index (χ0) is 9.84. The lowest BCUT2D eigenvalue weighted by atomic mass is 10.1. The molecule has 2 heteroatoms. The lowest BCUT2D eigenvalue weighted by molar-refractivity contribution is 0.884. The summed E-state index contributed by atoms with van der Waals surface area (Å²) in [6, 6.07) is 5.77. The molecular formula is C11H12Cl2. The van der Waals surface area contributed by atoms with Gasteiger partial charge in [-0.1, -0.05) is 37.2 Å². The summed E-state index contributed by atoms with van der Waals surface area (Å²) in [5.74, 6) is 0. The summed E-state index contributed by atoms with van der Waals surface area (Å²) in [5.41, 5.74) is 2.04. The molecule has 13 heavy (non-hydrogen) atoms. The van der Waals surface area contributed by atoms with Gasteiger partial charge in [-0.05, 0) is 29.7 Å². The second-order valence-corrected chi connectivity index (χ2v) is 3.79. The molecule has 0 saturated carbocycles. The van der Waals surface area contributed by atoms with Crippen LogP contribution in [0.3, 0.4) is 0 Å². The van der Waals surface area contributed by atoms with Crippen molar-refractivity contribution in [1.82, 2.24) is 0 Å². The molecule has 0 fully saturated rings. The fourth-order valence-corrected chi connectivity index (χ4v) is 1.63. The Morgan fingerprint density at radius 1 is 1.54 bits per heavy atom. The van der Waals surface area contributed by atoms with Crippen LogP contribution in [0.4, 0.5) is 0 Å². The minimum absolute atomic E-state index is 0.00704. The highest BCUT2D eigenvalue weighted by atomic mass is 35.5. The fraction of sp³-hybridized carbons (Fsp3) is 0.273. The van der Waals surface area contributed by atoms with Gasteiger partial charge in [0.25, 0.3) is 0 Å². The van der Waals surface area contributed by atoms with Crippen molar-refractivity contribution in [3.05, 3.63) is 40.9 Å². The van der Waals surface area contributed by atoms with E-state index in [0.717, 1.165) is 22.6 Å². The van der Waals surface area contributed by atoms with E-state index in [1.54, 1.807) is 6.08 Å². The average Bonchev–Trinajstić information content (AvgIpc) is 2.17. The van der Waals surface area contributed by atoms with E-state index in [1.807, 2.05) is 25.1 Å². The van der Waals surface area contributed by atoms with Crippen LogP contribution in [0.5, 0.6) is 0 Å². The molecular weight excluding hydrogens is 203 g/mol. The minimum Gasteiger partial charge on any atom is -0.118 e. The largest absolute Gasteiger partial charge is 0.118 e. The number of hydrogen-bond acceptors (Lipinski definition) is 0. The Labute approximate surface area is 89.2 Å². The Hall–Kier alpha value is -0.460. The van der Waals surface area contributed by atoms with Gasteiger partial charge >= 0.3 is 0 Å². The zero-order valence-electron chi connectivity index (χ0n) is 7.56. The molecule has 0 amide bonds. The molecule has 1 unspecified atom stereocenters. The van der Waals surface area contributed by atoms with Gasteiger partial charge in [0.15, 0.2) is 0 Å². The third-order valence-electron chi connectivity index (χ3n) is 1.95. The van der Waals surface area contributed by atoms with Gasteiger partial charge < -0.3 is 0 Å². The lowest BCUT2D eigenvalue weighted by Crippen LogP contribution is -1.90. The summed E-state index contributed by atoms with van der Waals surface area (Å²) < 4.78 is 0. The SMILES string of the molecule is C=Cc1ccc(Cl)c(C(Cl)CC)c1. The van der Waals surface area contributed by atoms with Crippen molar-refractivity contribution in [2.75, 3.05) is 0 Å². The molecule has 0 N–H and O–H groups in total. The zero-order valence-corrected chi connectivity index (χ0v) is 9.07. The lowest BCUT2D eigenvalue weighted by Gasteiger charge is -2.09. The average molecular weight is 215 g/mol. The number of alkyl halides is 1. The van der Waals surface area contributed by atoms with Crippen LogP contribution in [0.2, 0.25) is 5.02 Å². The van der Waals surface area contributed by atoms with Crippen LogP contribution >= 0.6 is 23.2 Å². The smallest absolute Gasteiger partial charge is 0.0597 e. The summed E-state index contributed by atoms with van der Waals surface area (Å²) in [6.07, 6.45) is 2.67. The quantitative estimate of drug-likeness (QED) is 0.642. The minimum atomic E-state index is -0.00704. The first kappa shape index (κ1) is 10.6. The Kier molecular flexibility index (Phi) is 3.83. The summed E-state index contributed by atoms with van der Waals surface area (Å²) >= 11 is 12.1. The van der Waals surface area contributed by atoms with Gasteiger partial charge in [-0.15, -0.1) is 11.6 Å². The normalized spacial score (nSPS) is 12.5. The van der Waals surface area contributed by atoms with Crippen LogP contribution in [0, 0.1) is 0 Å². The molecule has 0 aliphatic rings. The summed E-state index contributed by atoms with van der Waals surface area (Å²) in [4.78, 5) is 0. The summed E-state index contributed by atoms with van der Waals surface area (Å²) in [7, 11) is 0. The molecule has 1 atom stereocenters. The Bertz CT molecular complexity index is 305. The molecule has 0 heterocycles. The van der Waals surface area contributed by atoms with E-state index in [1.165, 1.54) is 0 Å². The molecule has 70 valence electrons. The van der Waals surface area contributed by atoms with Crippen molar-refractivity contribution in [3.8, 4) is 0 Å². The maximum Gasteiger partial charge on any atom is 0.0597 e. The van der Waals surface area contributed by atoms with Crippen LogP contribution in [-0.2, 0) is 0 Å². The number of benzene rings is 1. The number of hydrogen-bond donors (Lipinski definition) is 0. The van der Waals surface area contributed by atoms with Crippen LogP contribution < -0.4 is 0 Å². The highest BCUT2D eigenvalue weighted by Gasteiger charge is 2.09. The number of rotatable bonds is 3. The Balaban J connectivity index is 3.10. The Morgan fingerprint density at radius 2 is 2.23 bits per heavy atom. The maximum absolute atomic E-state index is 6.11. The third kappa shape index (κ3) is 2.49.